The minimum atomic E-state index is -0.336. The molecule has 1 aromatic rings. The van der Waals surface area contributed by atoms with Crippen LogP contribution in [0.15, 0.2) is 12.1 Å². The number of methoxy groups -OCH3 is 1. The van der Waals surface area contributed by atoms with E-state index >= 15 is 0 Å². The number of nitrogens with zero attached hydrogens (tertiary/aromatic N) is 3. The summed E-state index contributed by atoms with van der Waals surface area (Å²) in [5.74, 6) is 1.23. The van der Waals surface area contributed by atoms with Gasteiger partial charge in [0.2, 0.25) is 5.88 Å². The van der Waals surface area contributed by atoms with Gasteiger partial charge in [-0.05, 0) is 26.6 Å². The molecular formula is C13H22N4O2. The first-order chi connectivity index (χ1) is 9.01. The number of aromatic nitrogens is 1. The van der Waals surface area contributed by atoms with Gasteiger partial charge in [0.25, 0.3) is 0 Å². The lowest BCUT2D eigenvalue weighted by Crippen LogP contribution is -2.38. The lowest BCUT2D eigenvalue weighted by molar-refractivity contribution is 0.191. The quantitative estimate of drug-likeness (QED) is 0.809. The number of aliphatic hydroxyl groups is 1. The molecule has 0 amide bonds. The van der Waals surface area contributed by atoms with Crippen molar-refractivity contribution in [3.8, 4) is 5.88 Å². The Morgan fingerprint density at radius 1 is 1.53 bits per heavy atom. The molecule has 0 spiro atoms. The van der Waals surface area contributed by atoms with Crippen LogP contribution in [0.2, 0.25) is 0 Å². The van der Waals surface area contributed by atoms with Crippen molar-refractivity contribution >= 4 is 11.5 Å². The van der Waals surface area contributed by atoms with E-state index in [2.05, 4.69) is 14.8 Å². The number of nitrogen functional groups attached to an aromatic ring is 1. The summed E-state index contributed by atoms with van der Waals surface area (Å²) in [4.78, 5) is 8.59. The van der Waals surface area contributed by atoms with Gasteiger partial charge in [-0.2, -0.15) is 4.98 Å². The number of nitrogens with two attached hydrogens (primary N) is 1. The number of anilines is 2. The van der Waals surface area contributed by atoms with E-state index in [9.17, 15) is 5.11 Å². The SMILES string of the molecule is COc1ccc(N)c(N2CC(O)CC2CN(C)C)n1. The third-order valence-corrected chi connectivity index (χ3v) is 3.33. The standard InChI is InChI=1S/C13H22N4O2/c1-16(2)7-9-6-10(18)8-17(9)13-11(14)4-5-12(15-13)19-3/h4-5,9-10,18H,6-8,14H2,1-3H3. The van der Waals surface area contributed by atoms with Gasteiger partial charge in [0.05, 0.1) is 18.9 Å². The summed E-state index contributed by atoms with van der Waals surface area (Å²) in [7, 11) is 5.62. The monoisotopic (exact) mass is 266 g/mol. The van der Waals surface area contributed by atoms with Crippen molar-refractivity contribution in [2.45, 2.75) is 18.6 Å². The normalized spacial score (nSPS) is 23.1. The molecule has 2 atom stereocenters. The Labute approximate surface area is 113 Å². The number of pyridine rings is 1. The van der Waals surface area contributed by atoms with Crippen LogP contribution < -0.4 is 15.4 Å². The van der Waals surface area contributed by atoms with E-state index in [1.165, 1.54) is 0 Å². The van der Waals surface area contributed by atoms with Crippen LogP contribution in [-0.2, 0) is 0 Å². The van der Waals surface area contributed by atoms with Crippen molar-refractivity contribution in [1.82, 2.24) is 9.88 Å². The van der Waals surface area contributed by atoms with E-state index in [1.807, 2.05) is 14.1 Å². The first-order valence-electron chi connectivity index (χ1n) is 6.41. The van der Waals surface area contributed by atoms with Crippen LogP contribution in [-0.4, -0.2) is 61.4 Å². The van der Waals surface area contributed by atoms with Gasteiger partial charge in [-0.25, -0.2) is 0 Å². The number of ether oxygens (including phenoxy) is 1. The zero-order valence-corrected chi connectivity index (χ0v) is 11.7. The van der Waals surface area contributed by atoms with E-state index < -0.39 is 0 Å². The zero-order chi connectivity index (χ0) is 14.0. The lowest BCUT2D eigenvalue weighted by Gasteiger charge is -2.28. The second-order valence-electron chi connectivity index (χ2n) is 5.22. The van der Waals surface area contributed by atoms with Crippen LogP contribution in [0, 0.1) is 0 Å². The molecule has 0 aromatic carbocycles. The molecule has 1 aromatic heterocycles. The van der Waals surface area contributed by atoms with Gasteiger partial charge >= 0.3 is 0 Å². The van der Waals surface area contributed by atoms with Crippen LogP contribution in [0.5, 0.6) is 5.88 Å². The predicted molar refractivity (Wildman–Crippen MR) is 75.5 cm³/mol. The lowest BCUT2D eigenvalue weighted by atomic mass is 10.2. The van der Waals surface area contributed by atoms with E-state index in [1.54, 1.807) is 19.2 Å². The Kier molecular flexibility index (Phi) is 4.11. The van der Waals surface area contributed by atoms with Crippen molar-refractivity contribution in [3.63, 3.8) is 0 Å². The minimum absolute atomic E-state index is 0.215. The number of hydrogen-bond acceptors (Lipinski definition) is 6. The highest BCUT2D eigenvalue weighted by Gasteiger charge is 2.33. The van der Waals surface area contributed by atoms with Gasteiger partial charge in [0, 0.05) is 25.2 Å². The highest BCUT2D eigenvalue weighted by molar-refractivity contribution is 5.64. The second kappa shape index (κ2) is 5.63. The Morgan fingerprint density at radius 2 is 2.26 bits per heavy atom. The average Bonchev–Trinajstić information content (AvgIpc) is 2.70. The molecule has 19 heavy (non-hydrogen) atoms. The third kappa shape index (κ3) is 3.08. The minimum Gasteiger partial charge on any atom is -0.481 e. The molecule has 0 aliphatic carbocycles. The van der Waals surface area contributed by atoms with E-state index in [-0.39, 0.29) is 12.1 Å². The highest BCUT2D eigenvalue weighted by atomic mass is 16.5. The van der Waals surface area contributed by atoms with Crippen molar-refractivity contribution in [3.05, 3.63) is 12.1 Å². The molecule has 0 bridgehead atoms. The summed E-state index contributed by atoms with van der Waals surface area (Å²) in [6.07, 6.45) is 0.397. The molecule has 1 saturated heterocycles. The zero-order valence-electron chi connectivity index (χ0n) is 11.7. The first kappa shape index (κ1) is 13.9. The summed E-state index contributed by atoms with van der Waals surface area (Å²) in [6, 6.07) is 3.75. The number of likely N-dealkylation sites (N-methyl/N-ethyl adjacent to an activating group) is 1. The maximum Gasteiger partial charge on any atom is 0.215 e. The Morgan fingerprint density at radius 3 is 2.89 bits per heavy atom. The van der Waals surface area contributed by atoms with Gasteiger partial charge in [-0.15, -0.1) is 0 Å². The van der Waals surface area contributed by atoms with E-state index in [4.69, 9.17) is 10.5 Å². The van der Waals surface area contributed by atoms with Gasteiger partial charge < -0.3 is 25.4 Å². The molecule has 0 saturated carbocycles. The molecular weight excluding hydrogens is 244 g/mol. The maximum absolute atomic E-state index is 9.90. The fraction of sp³-hybridized carbons (Fsp3) is 0.615. The molecule has 6 heteroatoms. The second-order valence-corrected chi connectivity index (χ2v) is 5.22. The van der Waals surface area contributed by atoms with Crippen LogP contribution >= 0.6 is 0 Å². The summed E-state index contributed by atoms with van der Waals surface area (Å²) >= 11 is 0. The number of rotatable bonds is 4. The highest BCUT2D eigenvalue weighted by Crippen LogP contribution is 2.30. The fourth-order valence-electron chi connectivity index (χ4n) is 2.53. The van der Waals surface area contributed by atoms with Crippen LogP contribution in [0.3, 0.4) is 0 Å². The summed E-state index contributed by atoms with van der Waals surface area (Å²) < 4.78 is 5.15. The molecule has 106 valence electrons. The molecule has 2 unspecified atom stereocenters. The fourth-order valence-corrected chi connectivity index (χ4v) is 2.53. The Hall–Kier alpha value is -1.53. The Balaban J connectivity index is 2.27. The van der Waals surface area contributed by atoms with Gasteiger partial charge in [-0.3, -0.25) is 0 Å². The Bertz CT molecular complexity index is 439. The van der Waals surface area contributed by atoms with Crippen molar-refractivity contribution < 1.29 is 9.84 Å². The average molecular weight is 266 g/mol. The summed E-state index contributed by atoms with van der Waals surface area (Å²) in [6.45, 7) is 1.41. The topological polar surface area (TPSA) is 74.8 Å². The van der Waals surface area contributed by atoms with Gasteiger partial charge in [-0.1, -0.05) is 0 Å². The predicted octanol–water partition coefficient (Wildman–Crippen LogP) is 0.174. The number of hydrogen-bond donors (Lipinski definition) is 2. The van der Waals surface area contributed by atoms with Crippen LogP contribution in [0.1, 0.15) is 6.42 Å². The van der Waals surface area contributed by atoms with E-state index in [0.717, 1.165) is 13.0 Å². The molecule has 2 heterocycles. The van der Waals surface area contributed by atoms with Gasteiger partial charge in [0.1, 0.15) is 0 Å². The third-order valence-electron chi connectivity index (χ3n) is 3.33. The van der Waals surface area contributed by atoms with E-state index in [0.29, 0.717) is 23.9 Å². The number of β-amino-alcohol motifs (C(OH)–C–C–N with tert-alkyl or cyclic N) is 1. The number of aliphatic hydroxyl groups excluding tert-OH is 1. The van der Waals surface area contributed by atoms with Crippen LogP contribution in [0.4, 0.5) is 11.5 Å². The smallest absolute Gasteiger partial charge is 0.215 e. The largest absolute Gasteiger partial charge is 0.481 e. The van der Waals surface area contributed by atoms with Crippen LogP contribution in [0.25, 0.3) is 0 Å². The molecule has 3 N–H and O–H groups in total. The van der Waals surface area contributed by atoms with Gasteiger partial charge in [0.15, 0.2) is 5.82 Å². The maximum atomic E-state index is 9.90. The summed E-state index contributed by atoms with van der Waals surface area (Å²) in [5.41, 5.74) is 6.62. The van der Waals surface area contributed by atoms with Crippen molar-refractivity contribution in [2.75, 3.05) is 44.9 Å². The summed E-state index contributed by atoms with van der Waals surface area (Å²) in [5, 5.41) is 9.90. The molecule has 1 aliphatic heterocycles. The molecule has 6 nitrogen and oxygen atoms in total. The van der Waals surface area contributed by atoms with Crippen molar-refractivity contribution in [1.29, 1.82) is 0 Å². The molecule has 0 radical (unpaired) electrons. The molecule has 2 rings (SSSR count). The molecule has 1 fully saturated rings. The first-order valence-corrected chi connectivity index (χ1v) is 6.41. The molecule has 1 aliphatic rings. The van der Waals surface area contributed by atoms with Crippen molar-refractivity contribution in [2.24, 2.45) is 0 Å².